The minimum absolute atomic E-state index is 0. The number of benzene rings is 1. The van der Waals surface area contributed by atoms with Crippen molar-refractivity contribution in [3.05, 3.63) is 53.3 Å². The highest BCUT2D eigenvalue weighted by Gasteiger charge is 2.23. The van der Waals surface area contributed by atoms with Crippen molar-refractivity contribution in [2.24, 2.45) is 0 Å². The van der Waals surface area contributed by atoms with E-state index in [1.807, 2.05) is 6.07 Å². The summed E-state index contributed by atoms with van der Waals surface area (Å²) in [6, 6.07) is 12.5. The van der Waals surface area contributed by atoms with Crippen LogP contribution in [-0.2, 0) is 6.54 Å². The average Bonchev–Trinajstić information content (AvgIpc) is 2.83. The van der Waals surface area contributed by atoms with Gasteiger partial charge in [-0.3, -0.25) is 0 Å². The second-order valence-corrected chi connectivity index (χ2v) is 5.95. The molecule has 2 heterocycles. The lowest BCUT2D eigenvalue weighted by atomic mass is 10.2. The Kier molecular flexibility index (Phi) is 5.74. The van der Waals surface area contributed by atoms with Crippen LogP contribution >= 0.6 is 11.8 Å². The summed E-state index contributed by atoms with van der Waals surface area (Å²) in [6.07, 6.45) is 4.35. The Morgan fingerprint density at radius 2 is 2.09 bits per heavy atom. The molecule has 0 atom stereocenters. The maximum atomic E-state index is 5.32. The number of aromatic nitrogens is 1. The van der Waals surface area contributed by atoms with Gasteiger partial charge in [-0.25, -0.2) is 0 Å². The number of hydrogen-bond donors (Lipinski definition) is 0. The van der Waals surface area contributed by atoms with E-state index in [4.69, 9.17) is 4.74 Å². The van der Waals surface area contributed by atoms with Gasteiger partial charge in [0.25, 0.3) is 0 Å². The van der Waals surface area contributed by atoms with Gasteiger partial charge in [0.05, 0.1) is 17.8 Å². The predicted octanol–water partition coefficient (Wildman–Crippen LogP) is 0.547. The van der Waals surface area contributed by atoms with Gasteiger partial charge in [-0.1, -0.05) is 11.8 Å². The van der Waals surface area contributed by atoms with Crippen molar-refractivity contribution in [1.29, 1.82) is 0 Å². The molecule has 1 aliphatic heterocycles. The number of fused-ring (bicyclic) bond motifs is 1. The van der Waals surface area contributed by atoms with Gasteiger partial charge in [-0.15, -0.1) is 0 Å². The molecule has 116 valence electrons. The number of hydrogen-bond acceptors (Lipinski definition) is 3. The quantitative estimate of drug-likeness (QED) is 0.527. The van der Waals surface area contributed by atoms with Crippen molar-refractivity contribution in [3.8, 4) is 5.75 Å². The summed E-state index contributed by atoms with van der Waals surface area (Å²) in [7, 11) is 3.80. The lowest BCUT2D eigenvalue weighted by molar-refractivity contribution is -0.695. The molecule has 22 heavy (non-hydrogen) atoms. The molecule has 3 rings (SSSR count). The first kappa shape index (κ1) is 17.1. The summed E-state index contributed by atoms with van der Waals surface area (Å²) in [5, 5.41) is 1.23. The third kappa shape index (κ3) is 3.25. The van der Waals surface area contributed by atoms with E-state index in [0.29, 0.717) is 0 Å². The summed E-state index contributed by atoms with van der Waals surface area (Å²) in [4.78, 5) is 3.48. The molecule has 1 aliphatic rings. The smallest absolute Gasteiger partial charge is 0.207 e. The van der Waals surface area contributed by atoms with Gasteiger partial charge in [0.15, 0.2) is 6.20 Å². The fraction of sp³-hybridized carbons (Fsp3) is 0.235. The molecule has 0 saturated heterocycles. The van der Waals surface area contributed by atoms with Crippen molar-refractivity contribution in [3.63, 3.8) is 0 Å². The number of aryl methyl sites for hydroxylation is 1. The van der Waals surface area contributed by atoms with Crippen LogP contribution in [0.5, 0.6) is 5.75 Å². The molecule has 0 amide bonds. The third-order valence-electron chi connectivity index (χ3n) is 3.66. The first-order valence-electron chi connectivity index (χ1n) is 7.02. The lowest BCUT2D eigenvalue weighted by Crippen LogP contribution is -3.00. The SMILES string of the molecule is CC[n+]1ccccc1/C=C1\Sc2ccc(OC)cc2N1C.[I-]. The number of anilines is 1. The number of rotatable bonds is 3. The van der Waals surface area contributed by atoms with E-state index in [0.717, 1.165) is 12.3 Å². The average molecular weight is 426 g/mol. The molecule has 1 aromatic carbocycles. The minimum Gasteiger partial charge on any atom is -1.00 e. The Labute approximate surface area is 153 Å². The zero-order valence-electron chi connectivity index (χ0n) is 12.9. The molecule has 0 saturated carbocycles. The van der Waals surface area contributed by atoms with Crippen LogP contribution in [-0.4, -0.2) is 14.2 Å². The van der Waals surface area contributed by atoms with E-state index < -0.39 is 0 Å². The Balaban J connectivity index is 0.00000176. The predicted molar refractivity (Wildman–Crippen MR) is 87.5 cm³/mol. The molecule has 0 fully saturated rings. The zero-order chi connectivity index (χ0) is 14.8. The molecular weight excluding hydrogens is 407 g/mol. The van der Waals surface area contributed by atoms with E-state index >= 15 is 0 Å². The minimum atomic E-state index is 0. The number of nitrogens with zero attached hydrogens (tertiary/aromatic N) is 2. The van der Waals surface area contributed by atoms with Crippen LogP contribution in [0.25, 0.3) is 6.08 Å². The monoisotopic (exact) mass is 426 g/mol. The molecule has 2 aromatic rings. The fourth-order valence-electron chi connectivity index (χ4n) is 2.43. The van der Waals surface area contributed by atoms with Crippen molar-refractivity contribution < 1.29 is 33.3 Å². The first-order valence-corrected chi connectivity index (χ1v) is 7.84. The van der Waals surface area contributed by atoms with E-state index in [2.05, 4.69) is 66.0 Å². The van der Waals surface area contributed by atoms with Crippen LogP contribution in [0.1, 0.15) is 12.6 Å². The highest BCUT2D eigenvalue weighted by molar-refractivity contribution is 8.03. The van der Waals surface area contributed by atoms with Gasteiger partial charge in [-0.2, -0.15) is 4.57 Å². The van der Waals surface area contributed by atoms with Crippen LogP contribution < -0.4 is 38.2 Å². The Morgan fingerprint density at radius 1 is 1.27 bits per heavy atom. The summed E-state index contributed by atoms with van der Waals surface area (Å²) >= 11 is 1.80. The van der Waals surface area contributed by atoms with Gasteiger partial charge in [-0.05, 0) is 25.1 Å². The molecule has 0 unspecified atom stereocenters. The standard InChI is InChI=1S/C17H19N2OS.HI/c1-4-19-10-6-5-7-13(19)11-17-18(2)15-12-14(20-3)8-9-16(15)21-17;/h5-12H,4H2,1-3H3;1H/q+1;/p-1. The second kappa shape index (κ2) is 7.37. The largest absolute Gasteiger partial charge is 1.00 e. The van der Waals surface area contributed by atoms with Crippen LogP contribution in [0, 0.1) is 0 Å². The molecule has 3 nitrogen and oxygen atoms in total. The summed E-state index contributed by atoms with van der Waals surface area (Å²) in [5.74, 6) is 0.894. The number of halogens is 1. The van der Waals surface area contributed by atoms with Crippen molar-refractivity contribution in [2.45, 2.75) is 18.4 Å². The van der Waals surface area contributed by atoms with Gasteiger partial charge in [0.2, 0.25) is 5.69 Å². The van der Waals surface area contributed by atoms with Crippen LogP contribution in [0.4, 0.5) is 5.69 Å². The third-order valence-corrected chi connectivity index (χ3v) is 4.83. The lowest BCUT2D eigenvalue weighted by Gasteiger charge is -2.13. The van der Waals surface area contributed by atoms with E-state index in [-0.39, 0.29) is 24.0 Å². The molecule has 1 aromatic heterocycles. The fourth-order valence-corrected chi connectivity index (χ4v) is 3.51. The van der Waals surface area contributed by atoms with Gasteiger partial charge in [0.1, 0.15) is 12.3 Å². The molecule has 5 heteroatoms. The maximum Gasteiger partial charge on any atom is 0.207 e. The number of methoxy groups -OCH3 is 1. The highest BCUT2D eigenvalue weighted by atomic mass is 127. The van der Waals surface area contributed by atoms with Gasteiger partial charge >= 0.3 is 0 Å². The summed E-state index contributed by atoms with van der Waals surface area (Å²) < 4.78 is 7.56. The molecule has 0 aliphatic carbocycles. The van der Waals surface area contributed by atoms with Crippen LogP contribution in [0.2, 0.25) is 0 Å². The first-order chi connectivity index (χ1) is 10.2. The van der Waals surface area contributed by atoms with Crippen molar-refractivity contribution >= 4 is 23.5 Å². The maximum absolute atomic E-state index is 5.32. The van der Waals surface area contributed by atoms with E-state index in [9.17, 15) is 0 Å². The van der Waals surface area contributed by atoms with Crippen LogP contribution in [0.3, 0.4) is 0 Å². The van der Waals surface area contributed by atoms with E-state index in [1.54, 1.807) is 18.9 Å². The van der Waals surface area contributed by atoms with Gasteiger partial charge < -0.3 is 33.6 Å². The second-order valence-electron chi connectivity index (χ2n) is 4.89. The van der Waals surface area contributed by atoms with Crippen LogP contribution in [0.15, 0.2) is 52.5 Å². The molecule has 0 N–H and O–H groups in total. The normalized spacial score (nSPS) is 14.7. The Bertz CT molecular complexity index is 703. The van der Waals surface area contributed by atoms with Crippen molar-refractivity contribution in [2.75, 3.05) is 19.1 Å². The highest BCUT2D eigenvalue weighted by Crippen LogP contribution is 2.46. The topological polar surface area (TPSA) is 16.4 Å². The summed E-state index contributed by atoms with van der Waals surface area (Å²) in [6.45, 7) is 3.13. The van der Waals surface area contributed by atoms with Crippen molar-refractivity contribution in [1.82, 2.24) is 0 Å². The molecular formula is C17H19IN2OS. The molecule has 0 spiro atoms. The summed E-state index contributed by atoms with van der Waals surface area (Å²) in [5.41, 5.74) is 2.42. The van der Waals surface area contributed by atoms with E-state index in [1.165, 1.54) is 21.3 Å². The zero-order valence-corrected chi connectivity index (χ0v) is 15.9. The Morgan fingerprint density at radius 3 is 2.82 bits per heavy atom. The number of ether oxygens (including phenoxy) is 1. The van der Waals surface area contributed by atoms with Gasteiger partial charge in [0, 0.05) is 36.2 Å². The number of thioether (sulfide) groups is 1. The molecule has 0 bridgehead atoms. The Hall–Kier alpha value is -1.21. The molecule has 0 radical (unpaired) electrons. The number of pyridine rings is 1.